The van der Waals surface area contributed by atoms with Crippen LogP contribution < -0.4 is 15.4 Å². The molecule has 2 aromatic carbocycles. The number of rotatable bonds is 4. The van der Waals surface area contributed by atoms with Gasteiger partial charge in [0.1, 0.15) is 5.52 Å². The predicted molar refractivity (Wildman–Crippen MR) is 97.5 cm³/mol. The molecule has 1 aromatic heterocycles. The Bertz CT molecular complexity index is 898. The zero-order valence-corrected chi connectivity index (χ0v) is 14.5. The molecule has 3 aromatic rings. The van der Waals surface area contributed by atoms with Gasteiger partial charge in [0, 0.05) is 17.0 Å². The van der Waals surface area contributed by atoms with Gasteiger partial charge in [-0.25, -0.2) is 4.57 Å². The Morgan fingerprint density at radius 2 is 1.52 bits per heavy atom. The molecule has 0 atom stereocenters. The van der Waals surface area contributed by atoms with Gasteiger partial charge in [0.15, 0.2) is 0 Å². The van der Waals surface area contributed by atoms with Gasteiger partial charge in [0.2, 0.25) is 0 Å². The molecule has 9 heteroatoms. The topological polar surface area (TPSA) is 45.0 Å². The monoisotopic (exact) mass is 379 g/mol. The van der Waals surface area contributed by atoms with Gasteiger partial charge in [0.25, 0.3) is 11.7 Å². The molecule has 0 radical (unpaired) electrons. The lowest BCUT2D eigenvalue weighted by atomic mass is 10.2. The Labute approximate surface area is 153 Å². The molecular weight excluding hydrogens is 361 g/mol. The molecule has 0 aliphatic rings. The number of carbonyl (C=O) groups excluding carboxylic acids is 1. The van der Waals surface area contributed by atoms with Crippen molar-refractivity contribution in [2.24, 2.45) is 0 Å². The van der Waals surface area contributed by atoms with Crippen molar-refractivity contribution in [3.63, 3.8) is 0 Å². The highest BCUT2D eigenvalue weighted by Crippen LogP contribution is 2.12. The SMILES string of the molecule is CC[n+]1c(NNC(=O)c2ccccc2)ccc2ccccc21.F[B-](F)(F)F. The Kier molecular flexibility index (Phi) is 6.76. The lowest BCUT2D eigenvalue weighted by Crippen LogP contribution is -2.41. The summed E-state index contributed by atoms with van der Waals surface area (Å²) in [4.78, 5) is 12.1. The molecule has 0 aliphatic heterocycles. The van der Waals surface area contributed by atoms with Crippen molar-refractivity contribution in [3.05, 3.63) is 72.3 Å². The van der Waals surface area contributed by atoms with Crippen LogP contribution in [0.2, 0.25) is 0 Å². The van der Waals surface area contributed by atoms with Gasteiger partial charge < -0.3 is 17.3 Å². The number of fused-ring (bicyclic) bond motifs is 1. The second-order valence-electron chi connectivity index (χ2n) is 5.46. The summed E-state index contributed by atoms with van der Waals surface area (Å²) in [5.41, 5.74) is 7.52. The number of anilines is 1. The van der Waals surface area contributed by atoms with Crippen LogP contribution in [0.4, 0.5) is 23.1 Å². The summed E-state index contributed by atoms with van der Waals surface area (Å²) < 4.78 is 41.1. The van der Waals surface area contributed by atoms with Crippen LogP contribution in [0.25, 0.3) is 10.9 Å². The Morgan fingerprint density at radius 3 is 2.15 bits per heavy atom. The summed E-state index contributed by atoms with van der Waals surface area (Å²) in [7, 11) is -6.00. The second kappa shape index (κ2) is 9.02. The molecule has 0 aliphatic carbocycles. The highest BCUT2D eigenvalue weighted by molar-refractivity contribution is 6.50. The first-order valence-corrected chi connectivity index (χ1v) is 8.20. The van der Waals surface area contributed by atoms with E-state index in [2.05, 4.69) is 34.5 Å². The molecule has 3 rings (SSSR count). The standard InChI is InChI=1S/C18H17N3O.BF4/c1-2-21-16-11-7-6-8-14(16)12-13-17(21)19-20-18(22)15-9-4-3-5-10-15;2-1(3,4)5/h3-13H,2H2,1H3,(H,20,22);/q;-1/p+1. The van der Waals surface area contributed by atoms with Gasteiger partial charge in [-0.2, -0.15) is 10.9 Å². The van der Waals surface area contributed by atoms with Crippen LogP contribution in [0, 0.1) is 0 Å². The third-order valence-corrected chi connectivity index (χ3v) is 3.60. The lowest BCUT2D eigenvalue weighted by Gasteiger charge is -2.09. The number of para-hydroxylation sites is 1. The zero-order valence-electron chi connectivity index (χ0n) is 14.5. The summed E-state index contributed by atoms with van der Waals surface area (Å²) in [5, 5.41) is 1.17. The Hall–Kier alpha value is -3.10. The maximum Gasteiger partial charge on any atom is 0.673 e. The van der Waals surface area contributed by atoms with Crippen molar-refractivity contribution in [1.82, 2.24) is 5.43 Å². The van der Waals surface area contributed by atoms with E-state index in [0.29, 0.717) is 5.56 Å². The summed E-state index contributed by atoms with van der Waals surface area (Å²) in [6.07, 6.45) is 0. The van der Waals surface area contributed by atoms with Gasteiger partial charge in [-0.1, -0.05) is 36.4 Å². The van der Waals surface area contributed by atoms with Gasteiger partial charge >= 0.3 is 7.25 Å². The van der Waals surface area contributed by atoms with E-state index in [1.165, 1.54) is 5.39 Å². The molecule has 1 heterocycles. The number of hydrogen-bond donors (Lipinski definition) is 2. The average Bonchev–Trinajstić information content (AvgIpc) is 2.65. The fourth-order valence-corrected chi connectivity index (χ4v) is 2.50. The molecule has 2 N–H and O–H groups in total. The van der Waals surface area contributed by atoms with Crippen LogP contribution in [-0.2, 0) is 6.54 Å². The minimum Gasteiger partial charge on any atom is -0.418 e. The number of pyridine rings is 1. The number of aromatic nitrogens is 1. The van der Waals surface area contributed by atoms with Crippen molar-refractivity contribution in [3.8, 4) is 0 Å². The first-order valence-electron chi connectivity index (χ1n) is 8.20. The van der Waals surface area contributed by atoms with Crippen molar-refractivity contribution in [2.75, 3.05) is 5.43 Å². The fourth-order valence-electron chi connectivity index (χ4n) is 2.50. The van der Waals surface area contributed by atoms with E-state index in [1.807, 2.05) is 42.5 Å². The second-order valence-corrected chi connectivity index (χ2v) is 5.46. The first kappa shape index (κ1) is 20.2. The largest absolute Gasteiger partial charge is 0.673 e. The maximum absolute atomic E-state index is 12.1. The van der Waals surface area contributed by atoms with Crippen LogP contribution in [0.5, 0.6) is 0 Å². The number of hydrazine groups is 1. The molecule has 0 bridgehead atoms. The van der Waals surface area contributed by atoms with Crippen LogP contribution in [-0.4, -0.2) is 13.2 Å². The number of aryl methyl sites for hydroxylation is 1. The highest BCUT2D eigenvalue weighted by atomic mass is 19.5. The van der Waals surface area contributed by atoms with Crippen molar-refractivity contribution >= 4 is 29.9 Å². The van der Waals surface area contributed by atoms with Gasteiger partial charge in [-0.15, -0.1) is 0 Å². The Balaban J connectivity index is 0.000000465. The minimum absolute atomic E-state index is 0.156. The van der Waals surface area contributed by atoms with E-state index in [-0.39, 0.29) is 5.91 Å². The number of nitrogens with one attached hydrogen (secondary N) is 2. The Morgan fingerprint density at radius 1 is 0.926 bits per heavy atom. The van der Waals surface area contributed by atoms with Gasteiger partial charge in [-0.3, -0.25) is 4.79 Å². The summed E-state index contributed by atoms with van der Waals surface area (Å²) in [5.74, 6) is 0.696. The molecular formula is C18H18BF4N3O. The van der Waals surface area contributed by atoms with Crippen molar-refractivity contribution < 1.29 is 26.6 Å². The fraction of sp³-hybridized carbons (Fsp3) is 0.111. The molecule has 4 nitrogen and oxygen atoms in total. The van der Waals surface area contributed by atoms with E-state index >= 15 is 0 Å². The zero-order chi connectivity index (χ0) is 19.9. The van der Waals surface area contributed by atoms with Crippen LogP contribution >= 0.6 is 0 Å². The third kappa shape index (κ3) is 6.29. The third-order valence-electron chi connectivity index (χ3n) is 3.60. The molecule has 27 heavy (non-hydrogen) atoms. The van der Waals surface area contributed by atoms with Crippen LogP contribution in [0.1, 0.15) is 17.3 Å². The summed E-state index contributed by atoms with van der Waals surface area (Å²) >= 11 is 0. The molecule has 0 saturated carbocycles. The summed E-state index contributed by atoms with van der Waals surface area (Å²) in [6.45, 7) is 2.89. The van der Waals surface area contributed by atoms with Crippen LogP contribution in [0.3, 0.4) is 0 Å². The quantitative estimate of drug-likeness (QED) is 0.309. The molecule has 142 valence electrons. The number of nitrogens with zero attached hydrogens (tertiary/aromatic N) is 1. The normalized spacial score (nSPS) is 10.7. The van der Waals surface area contributed by atoms with E-state index in [0.717, 1.165) is 17.9 Å². The number of hydrogen-bond acceptors (Lipinski definition) is 2. The molecule has 0 spiro atoms. The molecule has 0 unspecified atom stereocenters. The number of halogens is 4. The predicted octanol–water partition coefficient (Wildman–Crippen LogP) is 4.20. The smallest absolute Gasteiger partial charge is 0.418 e. The van der Waals surface area contributed by atoms with E-state index in [4.69, 9.17) is 0 Å². The molecule has 0 saturated heterocycles. The number of amides is 1. The summed E-state index contributed by atoms with van der Waals surface area (Å²) in [6, 6.07) is 21.3. The van der Waals surface area contributed by atoms with E-state index in [9.17, 15) is 22.1 Å². The van der Waals surface area contributed by atoms with Crippen molar-refractivity contribution in [2.45, 2.75) is 13.5 Å². The van der Waals surface area contributed by atoms with E-state index in [1.54, 1.807) is 12.1 Å². The highest BCUT2D eigenvalue weighted by Gasteiger charge is 2.20. The van der Waals surface area contributed by atoms with E-state index < -0.39 is 7.25 Å². The average molecular weight is 379 g/mol. The number of carbonyl (C=O) groups is 1. The number of benzene rings is 2. The van der Waals surface area contributed by atoms with Gasteiger partial charge in [0.05, 0.1) is 6.54 Å². The minimum atomic E-state index is -6.00. The molecule has 0 fully saturated rings. The molecule has 1 amide bonds. The maximum atomic E-state index is 12.1. The van der Waals surface area contributed by atoms with Crippen molar-refractivity contribution in [1.29, 1.82) is 0 Å². The van der Waals surface area contributed by atoms with Gasteiger partial charge in [-0.05, 0) is 31.2 Å². The first-order chi connectivity index (χ1) is 12.8. The van der Waals surface area contributed by atoms with Crippen LogP contribution in [0.15, 0.2) is 66.7 Å². The lowest BCUT2D eigenvalue weighted by molar-refractivity contribution is -0.653.